The van der Waals surface area contributed by atoms with Gasteiger partial charge in [-0.1, -0.05) is 18.2 Å². The average Bonchev–Trinajstić information content (AvgIpc) is 2.96. The molecule has 0 saturated heterocycles. The number of quaternary nitrogens is 1. The second-order valence-electron chi connectivity index (χ2n) is 6.33. The van der Waals surface area contributed by atoms with Gasteiger partial charge in [0, 0.05) is 11.8 Å². The van der Waals surface area contributed by atoms with Gasteiger partial charge in [-0.05, 0) is 31.2 Å². The van der Waals surface area contributed by atoms with Gasteiger partial charge in [-0.3, -0.25) is 9.20 Å². The number of rotatable bonds is 4. The van der Waals surface area contributed by atoms with Gasteiger partial charge in [-0.15, -0.1) is 11.3 Å². The Bertz CT molecular complexity index is 1080. The Balaban J connectivity index is 1.57. The number of aromatic nitrogens is 3. The molecule has 4 rings (SSSR count). The molecule has 1 atom stereocenters. The first kappa shape index (κ1) is 15.9. The van der Waals surface area contributed by atoms with Crippen LogP contribution in [0.2, 0.25) is 0 Å². The Hall–Kier alpha value is -2.57. The smallest absolute Gasteiger partial charge is 0.258 e. The molecule has 3 heterocycles. The summed E-state index contributed by atoms with van der Waals surface area (Å²) in [6.45, 7) is 3.42. The Labute approximate surface area is 149 Å². The summed E-state index contributed by atoms with van der Waals surface area (Å²) in [6, 6.07) is 15.5. The van der Waals surface area contributed by atoms with Gasteiger partial charge in [-0.25, -0.2) is 9.97 Å². The van der Waals surface area contributed by atoms with Gasteiger partial charge in [0.2, 0.25) is 0 Å². The van der Waals surface area contributed by atoms with Crippen molar-refractivity contribution < 1.29 is 4.90 Å². The van der Waals surface area contributed by atoms with Gasteiger partial charge in [0.15, 0.2) is 0 Å². The standard InChI is InChI=1S/C19H18N4OS/c1-13-6-5-9-17-20-14(10-19(24)23(13)17)11-22(2)12-18-21-15-7-3-4-8-16(15)25-18/h3-10H,11-12H2,1-2H3/p+1. The van der Waals surface area contributed by atoms with E-state index in [4.69, 9.17) is 0 Å². The van der Waals surface area contributed by atoms with Crippen LogP contribution < -0.4 is 10.5 Å². The average molecular weight is 351 g/mol. The maximum atomic E-state index is 12.4. The molecule has 126 valence electrons. The molecule has 1 aromatic carbocycles. The molecule has 0 spiro atoms. The van der Waals surface area contributed by atoms with Crippen molar-refractivity contribution in [3.8, 4) is 0 Å². The van der Waals surface area contributed by atoms with Crippen LogP contribution in [0.15, 0.2) is 53.3 Å². The quantitative estimate of drug-likeness (QED) is 0.610. The highest BCUT2D eigenvalue weighted by Crippen LogP contribution is 2.20. The largest absolute Gasteiger partial charge is 0.327 e. The minimum atomic E-state index is -0.0223. The van der Waals surface area contributed by atoms with Crippen LogP contribution >= 0.6 is 11.3 Å². The third-order valence-electron chi connectivity index (χ3n) is 4.21. The molecular formula is C19H19N4OS+. The molecular weight excluding hydrogens is 332 g/mol. The molecule has 0 aliphatic carbocycles. The Morgan fingerprint density at radius 3 is 2.76 bits per heavy atom. The van der Waals surface area contributed by atoms with Crippen molar-refractivity contribution in [1.82, 2.24) is 14.4 Å². The molecule has 0 fully saturated rings. The minimum Gasteiger partial charge on any atom is -0.327 e. The number of nitrogens with one attached hydrogen (secondary N) is 1. The summed E-state index contributed by atoms with van der Waals surface area (Å²) in [7, 11) is 2.10. The number of nitrogens with zero attached hydrogens (tertiary/aromatic N) is 3. The van der Waals surface area contributed by atoms with Crippen molar-refractivity contribution in [3.63, 3.8) is 0 Å². The van der Waals surface area contributed by atoms with E-state index in [9.17, 15) is 4.79 Å². The maximum absolute atomic E-state index is 12.4. The third-order valence-corrected chi connectivity index (χ3v) is 5.24. The zero-order valence-corrected chi connectivity index (χ0v) is 15.0. The lowest BCUT2D eigenvalue weighted by atomic mass is 10.3. The summed E-state index contributed by atoms with van der Waals surface area (Å²) in [5, 5.41) is 1.10. The van der Waals surface area contributed by atoms with E-state index in [1.807, 2.05) is 43.3 Å². The van der Waals surface area contributed by atoms with Crippen molar-refractivity contribution in [1.29, 1.82) is 0 Å². The first-order valence-electron chi connectivity index (χ1n) is 8.24. The molecule has 25 heavy (non-hydrogen) atoms. The molecule has 0 radical (unpaired) electrons. The second-order valence-corrected chi connectivity index (χ2v) is 7.45. The molecule has 6 heteroatoms. The van der Waals surface area contributed by atoms with Crippen LogP contribution in [0.3, 0.4) is 0 Å². The van der Waals surface area contributed by atoms with Crippen molar-refractivity contribution in [3.05, 3.63) is 75.3 Å². The molecule has 0 bridgehead atoms. The van der Waals surface area contributed by atoms with Crippen molar-refractivity contribution in [2.75, 3.05) is 7.05 Å². The molecule has 0 aliphatic heterocycles. The summed E-state index contributed by atoms with van der Waals surface area (Å²) in [4.78, 5) is 23.0. The van der Waals surface area contributed by atoms with E-state index in [-0.39, 0.29) is 5.56 Å². The fraction of sp³-hybridized carbons (Fsp3) is 0.211. The molecule has 3 aromatic heterocycles. The first-order valence-corrected chi connectivity index (χ1v) is 9.06. The van der Waals surface area contributed by atoms with Crippen LogP contribution in [0.1, 0.15) is 16.4 Å². The monoisotopic (exact) mass is 351 g/mol. The summed E-state index contributed by atoms with van der Waals surface area (Å²) < 4.78 is 2.86. The molecule has 1 N–H and O–H groups in total. The summed E-state index contributed by atoms with van der Waals surface area (Å²) in [6.07, 6.45) is 0. The third kappa shape index (κ3) is 3.18. The molecule has 1 unspecified atom stereocenters. The predicted octanol–water partition coefficient (Wildman–Crippen LogP) is 1.83. The Kier molecular flexibility index (Phi) is 4.07. The van der Waals surface area contributed by atoms with Crippen LogP contribution in [-0.4, -0.2) is 21.4 Å². The molecule has 0 amide bonds. The maximum Gasteiger partial charge on any atom is 0.258 e. The summed E-state index contributed by atoms with van der Waals surface area (Å²) >= 11 is 1.73. The summed E-state index contributed by atoms with van der Waals surface area (Å²) in [5.41, 5.74) is 3.44. The highest BCUT2D eigenvalue weighted by atomic mass is 32.1. The lowest BCUT2D eigenvalue weighted by Gasteiger charge is -2.12. The minimum absolute atomic E-state index is 0.0223. The number of pyridine rings is 1. The number of hydrogen-bond acceptors (Lipinski definition) is 4. The van der Waals surface area contributed by atoms with Crippen molar-refractivity contribution >= 4 is 27.2 Å². The van der Waals surface area contributed by atoms with Crippen LogP contribution in [0, 0.1) is 6.92 Å². The highest BCUT2D eigenvalue weighted by molar-refractivity contribution is 7.18. The number of aryl methyl sites for hydroxylation is 1. The van der Waals surface area contributed by atoms with E-state index in [0.29, 0.717) is 12.2 Å². The molecule has 5 nitrogen and oxygen atoms in total. The number of thiazole rings is 1. The van der Waals surface area contributed by atoms with Gasteiger partial charge < -0.3 is 4.90 Å². The molecule has 4 aromatic rings. The van der Waals surface area contributed by atoms with Crippen LogP contribution in [0.25, 0.3) is 15.9 Å². The van der Waals surface area contributed by atoms with E-state index >= 15 is 0 Å². The van der Waals surface area contributed by atoms with E-state index in [1.54, 1.807) is 21.8 Å². The zero-order valence-electron chi connectivity index (χ0n) is 14.2. The van der Waals surface area contributed by atoms with E-state index in [2.05, 4.69) is 23.1 Å². The SMILES string of the molecule is Cc1cccc2nc(C[NH+](C)Cc3nc4ccccc4s3)cc(=O)n12. The van der Waals surface area contributed by atoms with Gasteiger partial charge in [-0.2, -0.15) is 0 Å². The van der Waals surface area contributed by atoms with Gasteiger partial charge in [0.25, 0.3) is 5.56 Å². The molecule has 0 saturated carbocycles. The van der Waals surface area contributed by atoms with Crippen LogP contribution in [-0.2, 0) is 13.1 Å². The Morgan fingerprint density at radius 2 is 1.92 bits per heavy atom. The lowest BCUT2D eigenvalue weighted by Crippen LogP contribution is -3.06. The van der Waals surface area contributed by atoms with Crippen molar-refractivity contribution in [2.45, 2.75) is 20.0 Å². The number of fused-ring (bicyclic) bond motifs is 2. The zero-order chi connectivity index (χ0) is 17.4. The van der Waals surface area contributed by atoms with E-state index < -0.39 is 0 Å². The topological polar surface area (TPSA) is 51.7 Å². The van der Waals surface area contributed by atoms with Crippen LogP contribution in [0.4, 0.5) is 0 Å². The van der Waals surface area contributed by atoms with Gasteiger partial charge in [0.1, 0.15) is 29.4 Å². The predicted molar refractivity (Wildman–Crippen MR) is 100 cm³/mol. The fourth-order valence-electron chi connectivity index (χ4n) is 3.08. The Morgan fingerprint density at radius 1 is 1.08 bits per heavy atom. The van der Waals surface area contributed by atoms with E-state index in [0.717, 1.165) is 28.5 Å². The van der Waals surface area contributed by atoms with Crippen LogP contribution in [0.5, 0.6) is 0 Å². The molecule has 0 aliphatic rings. The summed E-state index contributed by atoms with van der Waals surface area (Å²) in [5.74, 6) is 0. The number of hydrogen-bond donors (Lipinski definition) is 1. The fourth-order valence-corrected chi connectivity index (χ4v) is 4.16. The first-order chi connectivity index (χ1) is 12.1. The van der Waals surface area contributed by atoms with Crippen molar-refractivity contribution in [2.24, 2.45) is 0 Å². The van der Waals surface area contributed by atoms with E-state index in [1.165, 1.54) is 9.60 Å². The normalized spacial score (nSPS) is 12.7. The number of para-hydroxylation sites is 1. The van der Waals surface area contributed by atoms with Gasteiger partial charge >= 0.3 is 0 Å². The highest BCUT2D eigenvalue weighted by Gasteiger charge is 2.12. The number of benzene rings is 1. The second kappa shape index (κ2) is 6.38. The lowest BCUT2D eigenvalue weighted by molar-refractivity contribution is -0.908. The van der Waals surface area contributed by atoms with Gasteiger partial charge in [0.05, 0.1) is 17.3 Å².